The van der Waals surface area contributed by atoms with E-state index in [9.17, 15) is 19.8 Å². The fourth-order valence-corrected chi connectivity index (χ4v) is 1.78. The Balaban J connectivity index is 0.000000403. The van der Waals surface area contributed by atoms with Gasteiger partial charge in [-0.2, -0.15) is 0 Å². The summed E-state index contributed by atoms with van der Waals surface area (Å²) < 4.78 is 0. The van der Waals surface area contributed by atoms with Gasteiger partial charge < -0.3 is 19.8 Å². The van der Waals surface area contributed by atoms with Gasteiger partial charge >= 0.3 is 21.1 Å². The summed E-state index contributed by atoms with van der Waals surface area (Å²) in [5.41, 5.74) is 2.08. The fraction of sp³-hybridized carbons (Fsp3) is 0.222. The molecular weight excluding hydrogens is 376 g/mol. The molecule has 0 heterocycles. The molecule has 0 amide bonds. The van der Waals surface area contributed by atoms with Crippen LogP contribution in [-0.2, 0) is 43.5 Å². The van der Waals surface area contributed by atoms with E-state index in [0.29, 0.717) is 12.8 Å². The molecule has 4 nitrogen and oxygen atoms in total. The number of aliphatic carboxylic acids is 2. The van der Waals surface area contributed by atoms with Gasteiger partial charge in [-0.05, 0) is 36.8 Å². The predicted molar refractivity (Wildman–Crippen MR) is 79.5 cm³/mol. The van der Waals surface area contributed by atoms with Gasteiger partial charge in [0, 0.05) is 11.9 Å². The minimum absolute atomic E-state index is 0. The predicted octanol–water partition coefficient (Wildman–Crippen LogP) is 0.736. The molecule has 2 aromatic carbocycles. The van der Waals surface area contributed by atoms with Gasteiger partial charge in [-0.1, -0.05) is 60.7 Å². The maximum atomic E-state index is 10.1. The van der Waals surface area contributed by atoms with E-state index in [1.807, 2.05) is 60.7 Å². The second-order valence-electron chi connectivity index (χ2n) is 4.72. The first-order valence-electron chi connectivity index (χ1n) is 7.05. The van der Waals surface area contributed by atoms with Gasteiger partial charge in [0.15, 0.2) is 0 Å². The zero-order valence-corrected chi connectivity index (χ0v) is 14.7. The van der Waals surface area contributed by atoms with Crippen molar-refractivity contribution in [2.75, 3.05) is 0 Å². The van der Waals surface area contributed by atoms with Crippen LogP contribution in [0.4, 0.5) is 0 Å². The molecule has 0 N–H and O–H groups in total. The van der Waals surface area contributed by atoms with Crippen molar-refractivity contribution in [2.45, 2.75) is 25.7 Å². The van der Waals surface area contributed by atoms with E-state index in [-0.39, 0.29) is 33.9 Å². The molecule has 0 aliphatic rings. The number of carbonyl (C=O) groups excluding carboxylic acids is 2. The molecule has 0 fully saturated rings. The summed E-state index contributed by atoms with van der Waals surface area (Å²) in [5.74, 6) is -1.98. The van der Waals surface area contributed by atoms with Gasteiger partial charge in [0.1, 0.15) is 0 Å². The third-order valence-corrected chi connectivity index (χ3v) is 2.92. The summed E-state index contributed by atoms with van der Waals surface area (Å²) >= 11 is 0. The van der Waals surface area contributed by atoms with Crippen LogP contribution in [0.15, 0.2) is 60.7 Å². The average molecular weight is 394 g/mol. The first-order valence-corrected chi connectivity index (χ1v) is 7.05. The van der Waals surface area contributed by atoms with E-state index in [2.05, 4.69) is 0 Å². The first-order chi connectivity index (χ1) is 10.6. The molecule has 0 aliphatic heterocycles. The van der Waals surface area contributed by atoms with E-state index >= 15 is 0 Å². The summed E-state index contributed by atoms with van der Waals surface area (Å²) in [7, 11) is 0. The molecule has 0 aromatic heterocycles. The van der Waals surface area contributed by atoms with Gasteiger partial charge in [0.2, 0.25) is 0 Å². The standard InChI is InChI=1S/2C9H10O2.Mo/c2*10-9(11)7-6-8-4-2-1-3-5-8;/h2*1-5H,6-7H2,(H,10,11);/q;;+2/p-2. The van der Waals surface area contributed by atoms with Crippen LogP contribution in [0.2, 0.25) is 0 Å². The molecule has 0 aliphatic carbocycles. The number of carboxylic acids is 2. The molecule has 0 saturated heterocycles. The Kier molecular flexibility index (Phi) is 11.5. The monoisotopic (exact) mass is 396 g/mol. The van der Waals surface area contributed by atoms with Crippen LogP contribution in [0.25, 0.3) is 0 Å². The molecule has 2 rings (SSSR count). The van der Waals surface area contributed by atoms with E-state index in [4.69, 9.17) is 0 Å². The van der Waals surface area contributed by atoms with Crippen molar-refractivity contribution in [3.8, 4) is 0 Å². The zero-order valence-electron chi connectivity index (χ0n) is 12.6. The Labute approximate surface area is 150 Å². The minimum atomic E-state index is -0.992. The molecule has 0 bridgehead atoms. The quantitative estimate of drug-likeness (QED) is 0.677. The third-order valence-electron chi connectivity index (χ3n) is 2.92. The number of rotatable bonds is 6. The van der Waals surface area contributed by atoms with Crippen LogP contribution in [-0.4, -0.2) is 11.9 Å². The molecule has 0 unspecified atom stereocenters. The second kappa shape index (κ2) is 12.6. The summed E-state index contributed by atoms with van der Waals surface area (Å²) in [5, 5.41) is 20.1. The largest absolute Gasteiger partial charge is 2.00 e. The molecule has 0 saturated carbocycles. The number of carboxylic acid groups (broad SMARTS) is 2. The van der Waals surface area contributed by atoms with Crippen molar-refractivity contribution in [2.24, 2.45) is 0 Å². The maximum absolute atomic E-state index is 10.1. The summed E-state index contributed by atoms with van der Waals surface area (Å²) in [6.45, 7) is 0. The second-order valence-corrected chi connectivity index (χ2v) is 4.72. The van der Waals surface area contributed by atoms with Crippen LogP contribution < -0.4 is 10.2 Å². The van der Waals surface area contributed by atoms with Crippen LogP contribution in [0.3, 0.4) is 0 Å². The van der Waals surface area contributed by atoms with Gasteiger partial charge in [-0.25, -0.2) is 0 Å². The van der Waals surface area contributed by atoms with Crippen molar-refractivity contribution in [3.63, 3.8) is 0 Å². The van der Waals surface area contributed by atoms with Crippen LogP contribution >= 0.6 is 0 Å². The average Bonchev–Trinajstić information content (AvgIpc) is 2.53. The molecule has 120 valence electrons. The van der Waals surface area contributed by atoms with Gasteiger partial charge in [-0.3, -0.25) is 0 Å². The molecule has 2 aromatic rings. The number of hydrogen-bond donors (Lipinski definition) is 0. The third kappa shape index (κ3) is 11.3. The normalized spacial score (nSPS) is 9.04. The Bertz CT molecular complexity index is 517. The van der Waals surface area contributed by atoms with Gasteiger partial charge in [0.05, 0.1) is 0 Å². The number of aryl methyl sites for hydroxylation is 2. The fourth-order valence-electron chi connectivity index (χ4n) is 1.78. The maximum Gasteiger partial charge on any atom is 2.00 e. The first kappa shape index (κ1) is 21.1. The van der Waals surface area contributed by atoms with Crippen molar-refractivity contribution in [3.05, 3.63) is 71.8 Å². The summed E-state index contributed by atoms with van der Waals surface area (Å²) in [6, 6.07) is 19.0. The molecule has 23 heavy (non-hydrogen) atoms. The topological polar surface area (TPSA) is 80.3 Å². The molecular formula is C18H18MoO4. The zero-order chi connectivity index (χ0) is 16.2. The smallest absolute Gasteiger partial charge is 0.550 e. The van der Waals surface area contributed by atoms with Crippen molar-refractivity contribution < 1.29 is 40.9 Å². The molecule has 0 spiro atoms. The molecule has 0 radical (unpaired) electrons. The van der Waals surface area contributed by atoms with Crippen LogP contribution in [0, 0.1) is 0 Å². The summed E-state index contributed by atoms with van der Waals surface area (Å²) in [6.07, 6.45) is 1.32. The Hall–Kier alpha value is -1.93. The summed E-state index contributed by atoms with van der Waals surface area (Å²) in [4.78, 5) is 20.1. The van der Waals surface area contributed by atoms with E-state index < -0.39 is 11.9 Å². The SMILES string of the molecule is O=C([O-])CCc1ccccc1.O=C([O-])CCc1ccccc1.[Mo+2]. The number of hydrogen-bond acceptors (Lipinski definition) is 4. The Morgan fingerprint density at radius 1 is 0.652 bits per heavy atom. The molecule has 5 heteroatoms. The minimum Gasteiger partial charge on any atom is -0.550 e. The van der Waals surface area contributed by atoms with Crippen LogP contribution in [0.1, 0.15) is 24.0 Å². The Morgan fingerprint density at radius 3 is 1.22 bits per heavy atom. The van der Waals surface area contributed by atoms with Crippen LogP contribution in [0.5, 0.6) is 0 Å². The van der Waals surface area contributed by atoms with E-state index in [0.717, 1.165) is 11.1 Å². The van der Waals surface area contributed by atoms with E-state index in [1.54, 1.807) is 0 Å². The van der Waals surface area contributed by atoms with Gasteiger partial charge in [0.25, 0.3) is 0 Å². The van der Waals surface area contributed by atoms with Gasteiger partial charge in [-0.15, -0.1) is 0 Å². The molecule has 0 atom stereocenters. The van der Waals surface area contributed by atoms with Crippen molar-refractivity contribution >= 4 is 11.9 Å². The number of benzene rings is 2. The van der Waals surface area contributed by atoms with Crippen molar-refractivity contribution in [1.82, 2.24) is 0 Å². The number of carbonyl (C=O) groups is 2. The van der Waals surface area contributed by atoms with Crippen molar-refractivity contribution in [1.29, 1.82) is 0 Å². The van der Waals surface area contributed by atoms with E-state index in [1.165, 1.54) is 0 Å². The Morgan fingerprint density at radius 2 is 0.957 bits per heavy atom.